The first-order chi connectivity index (χ1) is 16.9. The molecule has 9 heteroatoms. The van der Waals surface area contributed by atoms with Crippen molar-refractivity contribution < 1.29 is 22.7 Å². The molecule has 0 bridgehead atoms. The van der Waals surface area contributed by atoms with Crippen molar-refractivity contribution in [1.82, 2.24) is 15.0 Å². The summed E-state index contributed by atoms with van der Waals surface area (Å²) in [5, 5.41) is 17.5. The van der Waals surface area contributed by atoms with E-state index in [2.05, 4.69) is 16.4 Å². The number of alkyl halides is 1. The van der Waals surface area contributed by atoms with Gasteiger partial charge in [-0.1, -0.05) is 35.1 Å². The highest BCUT2D eigenvalue weighted by Crippen LogP contribution is 2.24. The van der Waals surface area contributed by atoms with Crippen LogP contribution in [0.1, 0.15) is 31.0 Å². The quantitative estimate of drug-likeness (QED) is 0.177. The lowest BCUT2D eigenvalue weighted by Crippen LogP contribution is -2.09. The van der Waals surface area contributed by atoms with Gasteiger partial charge >= 0.3 is 0 Å². The number of benzene rings is 2. The molecular formula is C26H29F4N3OS. The van der Waals surface area contributed by atoms with Gasteiger partial charge in [-0.15, -0.1) is 5.10 Å². The van der Waals surface area contributed by atoms with Crippen molar-refractivity contribution in [1.29, 1.82) is 0 Å². The lowest BCUT2D eigenvalue weighted by atomic mass is 10.0. The number of thioether (sulfide) groups is 1. The molecule has 0 spiro atoms. The molecule has 3 aromatic rings. The SMILES string of the molecule is C/C(=C\CSCCC(O)CF)CCn1cc(CCc2ccc(-c3ccc(F)c(F)c3)cc2F)nn1. The van der Waals surface area contributed by atoms with Gasteiger partial charge in [0.05, 0.1) is 11.8 Å². The van der Waals surface area contributed by atoms with Crippen LogP contribution in [0.25, 0.3) is 11.1 Å². The maximum atomic E-state index is 14.6. The number of aryl methyl sites for hydroxylation is 3. The highest BCUT2D eigenvalue weighted by molar-refractivity contribution is 7.99. The number of aliphatic hydroxyl groups excluding tert-OH is 1. The number of nitrogens with zero attached hydrogens (tertiary/aromatic N) is 3. The fraction of sp³-hybridized carbons (Fsp3) is 0.385. The van der Waals surface area contributed by atoms with Gasteiger partial charge in [-0.2, -0.15) is 11.8 Å². The number of aliphatic hydroxyl groups is 1. The van der Waals surface area contributed by atoms with Crippen LogP contribution in [0.15, 0.2) is 54.2 Å². The van der Waals surface area contributed by atoms with Gasteiger partial charge in [0.25, 0.3) is 0 Å². The van der Waals surface area contributed by atoms with Gasteiger partial charge in [-0.25, -0.2) is 17.6 Å². The summed E-state index contributed by atoms with van der Waals surface area (Å²) in [6.45, 7) is 2.02. The third-order valence-electron chi connectivity index (χ3n) is 5.60. The summed E-state index contributed by atoms with van der Waals surface area (Å²) >= 11 is 1.66. The molecule has 1 unspecified atom stereocenters. The topological polar surface area (TPSA) is 50.9 Å². The van der Waals surface area contributed by atoms with Crippen LogP contribution in [0.5, 0.6) is 0 Å². The summed E-state index contributed by atoms with van der Waals surface area (Å²) in [7, 11) is 0. The molecule has 1 heterocycles. The zero-order valence-corrected chi connectivity index (χ0v) is 20.4. The van der Waals surface area contributed by atoms with Crippen molar-refractivity contribution in [2.45, 2.75) is 45.3 Å². The minimum Gasteiger partial charge on any atom is -0.390 e. The minimum atomic E-state index is -0.967. The number of hydrogen-bond acceptors (Lipinski definition) is 4. The molecule has 0 aliphatic heterocycles. The van der Waals surface area contributed by atoms with Gasteiger partial charge in [-0.3, -0.25) is 4.68 Å². The lowest BCUT2D eigenvalue weighted by Gasteiger charge is -2.07. The van der Waals surface area contributed by atoms with E-state index in [-0.39, 0.29) is 0 Å². The number of hydrogen-bond donors (Lipinski definition) is 1. The van der Waals surface area contributed by atoms with Gasteiger partial charge in [-0.05, 0) is 73.2 Å². The predicted molar refractivity (Wildman–Crippen MR) is 131 cm³/mol. The summed E-state index contributed by atoms with van der Waals surface area (Å²) in [6, 6.07) is 8.17. The Kier molecular flexibility index (Phi) is 10.3. The fourth-order valence-electron chi connectivity index (χ4n) is 3.40. The van der Waals surface area contributed by atoms with E-state index in [0.29, 0.717) is 42.5 Å². The first kappa shape index (κ1) is 26.9. The Labute approximate surface area is 207 Å². The molecule has 1 aromatic heterocycles. The molecule has 0 aliphatic carbocycles. The molecule has 1 N–H and O–H groups in total. The minimum absolute atomic E-state index is 0.405. The molecule has 0 saturated heterocycles. The molecule has 0 fully saturated rings. The number of aromatic nitrogens is 3. The Bertz CT molecular complexity index is 1140. The molecule has 0 amide bonds. The Balaban J connectivity index is 1.45. The van der Waals surface area contributed by atoms with Crippen LogP contribution >= 0.6 is 11.8 Å². The number of halogens is 4. The second-order valence-electron chi connectivity index (χ2n) is 8.38. The third-order valence-corrected chi connectivity index (χ3v) is 6.53. The maximum Gasteiger partial charge on any atom is 0.159 e. The van der Waals surface area contributed by atoms with Crippen molar-refractivity contribution in [3.63, 3.8) is 0 Å². The summed E-state index contributed by atoms with van der Waals surface area (Å²) < 4.78 is 55.2. The van der Waals surface area contributed by atoms with Gasteiger partial charge in [0.2, 0.25) is 0 Å². The Morgan fingerprint density at radius 1 is 1.06 bits per heavy atom. The lowest BCUT2D eigenvalue weighted by molar-refractivity contribution is 0.137. The molecule has 35 heavy (non-hydrogen) atoms. The highest BCUT2D eigenvalue weighted by Gasteiger charge is 2.10. The summed E-state index contributed by atoms with van der Waals surface area (Å²) in [6.07, 6.45) is 5.35. The van der Waals surface area contributed by atoms with E-state index < -0.39 is 30.2 Å². The van der Waals surface area contributed by atoms with Gasteiger partial charge in [0, 0.05) is 18.5 Å². The van der Waals surface area contributed by atoms with Crippen LogP contribution in [0.3, 0.4) is 0 Å². The number of allylic oxidation sites excluding steroid dienone is 1. The molecule has 0 radical (unpaired) electrons. The average Bonchev–Trinajstić information content (AvgIpc) is 3.31. The number of rotatable bonds is 13. The standard InChI is InChI=1S/C26H29F4N3OS/c1-18(9-12-35-13-10-23(34)16-27)8-11-33-17-22(31-32-33)6-4-19-2-3-20(14-25(19)29)21-5-7-24(28)26(30)15-21/h2-3,5,7,9,14-15,17,23,34H,4,6,8,10-13,16H2,1H3/b18-9+. The van der Waals surface area contributed by atoms with Crippen LogP contribution in [-0.4, -0.2) is 44.4 Å². The van der Waals surface area contributed by atoms with Crippen LogP contribution in [0.4, 0.5) is 17.6 Å². The van der Waals surface area contributed by atoms with Crippen LogP contribution in [-0.2, 0) is 19.4 Å². The van der Waals surface area contributed by atoms with E-state index >= 15 is 0 Å². The Morgan fingerprint density at radius 3 is 2.51 bits per heavy atom. The molecule has 0 aliphatic rings. The van der Waals surface area contributed by atoms with Gasteiger partial charge < -0.3 is 5.11 Å². The highest BCUT2D eigenvalue weighted by atomic mass is 32.2. The molecule has 0 saturated carbocycles. The molecule has 188 valence electrons. The smallest absolute Gasteiger partial charge is 0.159 e. The first-order valence-electron chi connectivity index (χ1n) is 11.5. The summed E-state index contributed by atoms with van der Waals surface area (Å²) in [5.74, 6) is -0.779. The van der Waals surface area contributed by atoms with Gasteiger partial charge in [0.1, 0.15) is 12.5 Å². The molecule has 3 rings (SSSR count). The zero-order valence-electron chi connectivity index (χ0n) is 19.6. The second kappa shape index (κ2) is 13.4. The van der Waals surface area contributed by atoms with Crippen LogP contribution in [0.2, 0.25) is 0 Å². The normalized spacial score (nSPS) is 12.8. The van der Waals surface area contributed by atoms with Crippen molar-refractivity contribution in [3.05, 3.63) is 83.0 Å². The van der Waals surface area contributed by atoms with Crippen molar-refractivity contribution in [2.24, 2.45) is 0 Å². The van der Waals surface area contributed by atoms with E-state index in [1.54, 1.807) is 28.6 Å². The van der Waals surface area contributed by atoms with E-state index in [0.717, 1.165) is 35.8 Å². The van der Waals surface area contributed by atoms with Gasteiger partial charge in [0.15, 0.2) is 11.6 Å². The predicted octanol–water partition coefficient (Wildman–Crippen LogP) is 5.94. The first-order valence-corrected chi connectivity index (χ1v) is 12.6. The van der Waals surface area contributed by atoms with Crippen LogP contribution < -0.4 is 0 Å². The maximum absolute atomic E-state index is 14.6. The van der Waals surface area contributed by atoms with Crippen molar-refractivity contribution in [2.75, 3.05) is 18.2 Å². The van der Waals surface area contributed by atoms with E-state index in [1.807, 2.05) is 13.1 Å². The molecular weight excluding hydrogens is 478 g/mol. The summed E-state index contributed by atoms with van der Waals surface area (Å²) in [4.78, 5) is 0. The Hall–Kier alpha value is -2.65. The molecule has 1 atom stereocenters. The second-order valence-corrected chi connectivity index (χ2v) is 9.53. The average molecular weight is 508 g/mol. The largest absolute Gasteiger partial charge is 0.390 e. The third kappa shape index (κ3) is 8.50. The Morgan fingerprint density at radius 2 is 1.80 bits per heavy atom. The summed E-state index contributed by atoms with van der Waals surface area (Å²) in [5.41, 5.74) is 3.38. The monoisotopic (exact) mass is 507 g/mol. The molecule has 2 aromatic carbocycles. The molecule has 4 nitrogen and oxygen atoms in total. The van der Waals surface area contributed by atoms with E-state index in [4.69, 9.17) is 0 Å². The van der Waals surface area contributed by atoms with E-state index in [1.165, 1.54) is 17.7 Å². The zero-order chi connectivity index (χ0) is 25.2. The van der Waals surface area contributed by atoms with Crippen molar-refractivity contribution >= 4 is 11.8 Å². The van der Waals surface area contributed by atoms with Crippen LogP contribution in [0, 0.1) is 17.5 Å². The van der Waals surface area contributed by atoms with Crippen molar-refractivity contribution in [3.8, 4) is 11.1 Å². The fourth-order valence-corrected chi connectivity index (χ4v) is 4.41. The van der Waals surface area contributed by atoms with E-state index in [9.17, 15) is 22.7 Å².